The van der Waals surface area contributed by atoms with Crippen LogP contribution >= 0.6 is 23.1 Å². The first-order chi connectivity index (χ1) is 11.0. The minimum absolute atomic E-state index is 0.330. The van der Waals surface area contributed by atoms with Crippen LogP contribution in [0.3, 0.4) is 0 Å². The molecule has 1 N–H and O–H groups in total. The van der Waals surface area contributed by atoms with Crippen molar-refractivity contribution in [1.82, 2.24) is 4.98 Å². The SMILES string of the molecule is CCc1ccccc1S(=O)(=O)Nc1ccc2nc(SC)sc2c1. The first-order valence-electron chi connectivity index (χ1n) is 7.09. The third-order valence-corrected chi connectivity index (χ3v) is 6.92. The Morgan fingerprint density at radius 1 is 1.22 bits per heavy atom. The summed E-state index contributed by atoms with van der Waals surface area (Å²) in [6, 6.07) is 12.5. The fourth-order valence-electron chi connectivity index (χ4n) is 2.32. The minimum Gasteiger partial charge on any atom is -0.280 e. The van der Waals surface area contributed by atoms with Crippen molar-refractivity contribution in [2.24, 2.45) is 0 Å². The van der Waals surface area contributed by atoms with Crippen molar-refractivity contribution in [3.8, 4) is 0 Å². The van der Waals surface area contributed by atoms with E-state index in [1.54, 1.807) is 41.3 Å². The van der Waals surface area contributed by atoms with Crippen LogP contribution in [0.1, 0.15) is 12.5 Å². The number of nitrogens with one attached hydrogen (secondary N) is 1. The van der Waals surface area contributed by atoms with E-state index in [4.69, 9.17) is 0 Å². The molecule has 0 fully saturated rings. The van der Waals surface area contributed by atoms with Gasteiger partial charge in [-0.15, -0.1) is 11.3 Å². The van der Waals surface area contributed by atoms with Crippen LogP contribution < -0.4 is 4.72 Å². The average molecular weight is 365 g/mol. The molecule has 23 heavy (non-hydrogen) atoms. The van der Waals surface area contributed by atoms with E-state index in [9.17, 15) is 8.42 Å². The molecular formula is C16H16N2O2S3. The highest BCUT2D eigenvalue weighted by molar-refractivity contribution is 8.00. The highest BCUT2D eigenvalue weighted by Gasteiger charge is 2.17. The number of aryl methyl sites for hydroxylation is 1. The van der Waals surface area contributed by atoms with Crippen molar-refractivity contribution in [3.63, 3.8) is 0 Å². The number of aromatic nitrogens is 1. The van der Waals surface area contributed by atoms with Crippen molar-refractivity contribution in [3.05, 3.63) is 48.0 Å². The summed E-state index contributed by atoms with van der Waals surface area (Å²) in [6.45, 7) is 1.95. The van der Waals surface area contributed by atoms with Gasteiger partial charge in [0.25, 0.3) is 10.0 Å². The summed E-state index contributed by atoms with van der Waals surface area (Å²) >= 11 is 3.14. The van der Waals surface area contributed by atoms with Gasteiger partial charge in [-0.05, 0) is 42.5 Å². The molecular weight excluding hydrogens is 348 g/mol. The lowest BCUT2D eigenvalue weighted by Gasteiger charge is -2.11. The van der Waals surface area contributed by atoms with E-state index < -0.39 is 10.0 Å². The van der Waals surface area contributed by atoms with Gasteiger partial charge in [0, 0.05) is 0 Å². The highest BCUT2D eigenvalue weighted by Crippen LogP contribution is 2.30. The molecule has 4 nitrogen and oxygen atoms in total. The topological polar surface area (TPSA) is 59.1 Å². The van der Waals surface area contributed by atoms with Crippen LogP contribution in [0, 0.1) is 0 Å². The third-order valence-electron chi connectivity index (χ3n) is 3.44. The second kappa shape index (κ2) is 6.51. The molecule has 0 aliphatic heterocycles. The monoisotopic (exact) mass is 364 g/mol. The zero-order valence-electron chi connectivity index (χ0n) is 12.7. The summed E-state index contributed by atoms with van der Waals surface area (Å²) in [7, 11) is -3.59. The smallest absolute Gasteiger partial charge is 0.262 e. The van der Waals surface area contributed by atoms with Crippen molar-refractivity contribution < 1.29 is 8.42 Å². The average Bonchev–Trinajstić information content (AvgIpc) is 2.96. The number of rotatable bonds is 5. The van der Waals surface area contributed by atoms with Crippen LogP contribution in [0.5, 0.6) is 0 Å². The highest BCUT2D eigenvalue weighted by atomic mass is 32.2. The van der Waals surface area contributed by atoms with Gasteiger partial charge in [0.1, 0.15) is 0 Å². The van der Waals surface area contributed by atoms with Gasteiger partial charge in [0.05, 0.1) is 20.8 Å². The number of thiazole rings is 1. The molecule has 0 saturated heterocycles. The molecule has 0 atom stereocenters. The number of benzene rings is 2. The van der Waals surface area contributed by atoms with Gasteiger partial charge in [-0.25, -0.2) is 13.4 Å². The van der Waals surface area contributed by atoms with E-state index in [1.165, 1.54) is 0 Å². The van der Waals surface area contributed by atoms with E-state index in [0.717, 1.165) is 20.1 Å². The van der Waals surface area contributed by atoms with E-state index in [-0.39, 0.29) is 0 Å². The first-order valence-corrected chi connectivity index (χ1v) is 10.6. The summed E-state index contributed by atoms with van der Waals surface area (Å²) in [6.07, 6.45) is 2.64. The minimum atomic E-state index is -3.59. The number of thioether (sulfide) groups is 1. The predicted octanol–water partition coefficient (Wildman–Crippen LogP) is 4.38. The maximum Gasteiger partial charge on any atom is 0.262 e. The van der Waals surface area contributed by atoms with Gasteiger partial charge in [-0.3, -0.25) is 4.72 Å². The Morgan fingerprint density at radius 3 is 2.74 bits per heavy atom. The molecule has 0 amide bonds. The molecule has 1 aromatic heterocycles. The second-order valence-corrected chi connectivity index (χ2v) is 8.67. The van der Waals surface area contributed by atoms with Crippen LogP contribution in [0.25, 0.3) is 10.2 Å². The molecule has 1 heterocycles. The Labute approximate surface area is 144 Å². The van der Waals surface area contributed by atoms with Crippen LogP contribution in [0.4, 0.5) is 5.69 Å². The van der Waals surface area contributed by atoms with E-state index in [0.29, 0.717) is 17.0 Å². The fourth-order valence-corrected chi connectivity index (χ4v) is 5.21. The standard InChI is InChI=1S/C16H16N2O2S3/c1-3-11-6-4-5-7-15(11)23(19,20)18-12-8-9-13-14(10-12)22-16(17-13)21-2/h4-10,18H,3H2,1-2H3. The summed E-state index contributed by atoms with van der Waals surface area (Å²) in [5.74, 6) is 0. The first kappa shape index (κ1) is 16.3. The van der Waals surface area contributed by atoms with E-state index in [2.05, 4.69) is 9.71 Å². The second-order valence-electron chi connectivity index (χ2n) is 4.93. The molecule has 2 aromatic carbocycles. The molecule has 3 aromatic rings. The largest absolute Gasteiger partial charge is 0.280 e. The molecule has 0 radical (unpaired) electrons. The maximum absolute atomic E-state index is 12.7. The number of nitrogens with zero attached hydrogens (tertiary/aromatic N) is 1. The molecule has 7 heteroatoms. The third kappa shape index (κ3) is 3.36. The van der Waals surface area contributed by atoms with Crippen molar-refractivity contribution in [2.45, 2.75) is 22.6 Å². The molecule has 120 valence electrons. The van der Waals surface area contributed by atoms with Crippen LogP contribution in [-0.4, -0.2) is 19.7 Å². The lowest BCUT2D eigenvalue weighted by Crippen LogP contribution is -2.14. The summed E-state index contributed by atoms with van der Waals surface area (Å²) in [4.78, 5) is 4.79. The van der Waals surface area contributed by atoms with E-state index in [1.807, 2.05) is 37.4 Å². The number of anilines is 1. The summed E-state index contributed by atoms with van der Waals surface area (Å²) in [5.41, 5.74) is 2.25. The van der Waals surface area contributed by atoms with Crippen LogP contribution in [0.2, 0.25) is 0 Å². The number of hydrogen-bond donors (Lipinski definition) is 1. The van der Waals surface area contributed by atoms with Gasteiger partial charge >= 0.3 is 0 Å². The molecule has 0 bridgehead atoms. The van der Waals surface area contributed by atoms with Crippen molar-refractivity contribution in [2.75, 3.05) is 11.0 Å². The lowest BCUT2D eigenvalue weighted by atomic mass is 10.2. The Kier molecular flexibility index (Phi) is 4.61. The van der Waals surface area contributed by atoms with Gasteiger partial charge in [-0.2, -0.15) is 0 Å². The normalized spacial score (nSPS) is 11.7. The van der Waals surface area contributed by atoms with Crippen LogP contribution in [0.15, 0.2) is 51.7 Å². The van der Waals surface area contributed by atoms with Gasteiger partial charge in [0.15, 0.2) is 4.34 Å². The Bertz CT molecular complexity index is 949. The zero-order chi connectivity index (χ0) is 16.4. The predicted molar refractivity (Wildman–Crippen MR) is 98.0 cm³/mol. The fraction of sp³-hybridized carbons (Fsp3) is 0.188. The number of fused-ring (bicyclic) bond motifs is 1. The van der Waals surface area contributed by atoms with Crippen molar-refractivity contribution >= 4 is 49.0 Å². The van der Waals surface area contributed by atoms with E-state index >= 15 is 0 Å². The van der Waals surface area contributed by atoms with Crippen molar-refractivity contribution in [1.29, 1.82) is 0 Å². The quantitative estimate of drug-likeness (QED) is 0.683. The number of hydrogen-bond acceptors (Lipinski definition) is 5. The van der Waals surface area contributed by atoms with Gasteiger partial charge < -0.3 is 0 Å². The molecule has 3 rings (SSSR count). The molecule has 0 aliphatic carbocycles. The Hall–Kier alpha value is -1.57. The molecule has 0 unspecified atom stereocenters. The number of sulfonamides is 1. The Morgan fingerprint density at radius 2 is 2.00 bits per heavy atom. The molecule has 0 aliphatic rings. The summed E-state index contributed by atoms with van der Waals surface area (Å²) < 4.78 is 29.9. The van der Waals surface area contributed by atoms with Gasteiger partial charge in [0.2, 0.25) is 0 Å². The maximum atomic E-state index is 12.7. The Balaban J connectivity index is 1.96. The van der Waals surface area contributed by atoms with Gasteiger partial charge in [-0.1, -0.05) is 36.9 Å². The van der Waals surface area contributed by atoms with Crippen LogP contribution in [-0.2, 0) is 16.4 Å². The molecule has 0 saturated carbocycles. The molecule has 0 spiro atoms. The lowest BCUT2D eigenvalue weighted by molar-refractivity contribution is 0.600. The summed E-state index contributed by atoms with van der Waals surface area (Å²) in [5, 5.41) is 0. The zero-order valence-corrected chi connectivity index (χ0v) is 15.2.